The fourth-order valence-corrected chi connectivity index (χ4v) is 1.37. The third-order valence-corrected chi connectivity index (χ3v) is 2.06. The molecule has 0 saturated heterocycles. The summed E-state index contributed by atoms with van der Waals surface area (Å²) in [7, 11) is 1.50. The number of nitrogens with zero attached hydrogens (tertiary/aromatic N) is 2. The average molecular weight is 190 g/mol. The van der Waals surface area contributed by atoms with Gasteiger partial charge >= 0.3 is 5.69 Å². The summed E-state index contributed by atoms with van der Waals surface area (Å²) >= 11 is 0. The van der Waals surface area contributed by atoms with Crippen LogP contribution < -0.4 is 11.2 Å². The minimum atomic E-state index is -0.529. The lowest BCUT2D eigenvalue weighted by Gasteiger charge is -1.97. The molecule has 0 amide bonds. The molecule has 2 aromatic heterocycles. The van der Waals surface area contributed by atoms with Gasteiger partial charge in [0.05, 0.1) is 11.1 Å². The van der Waals surface area contributed by atoms with Gasteiger partial charge in [-0.2, -0.15) is 5.26 Å². The summed E-state index contributed by atoms with van der Waals surface area (Å²) < 4.78 is 1.23. The summed E-state index contributed by atoms with van der Waals surface area (Å²) in [5, 5.41) is 8.73. The zero-order valence-corrected chi connectivity index (χ0v) is 7.29. The van der Waals surface area contributed by atoms with Gasteiger partial charge in [0.25, 0.3) is 5.56 Å². The van der Waals surface area contributed by atoms with Crippen molar-refractivity contribution < 1.29 is 0 Å². The number of hydrogen-bond donors (Lipinski definition) is 2. The summed E-state index contributed by atoms with van der Waals surface area (Å²) in [6, 6.07) is 1.90. The highest BCUT2D eigenvalue weighted by molar-refractivity contribution is 5.80. The molecule has 70 valence electrons. The van der Waals surface area contributed by atoms with Crippen LogP contribution in [-0.2, 0) is 7.05 Å². The summed E-state index contributed by atoms with van der Waals surface area (Å²) in [4.78, 5) is 27.3. The van der Waals surface area contributed by atoms with E-state index in [1.165, 1.54) is 17.8 Å². The van der Waals surface area contributed by atoms with E-state index in [1.54, 1.807) is 0 Å². The maximum absolute atomic E-state index is 11.3. The first-order valence-corrected chi connectivity index (χ1v) is 3.85. The van der Waals surface area contributed by atoms with Crippen molar-refractivity contribution in [3.05, 3.63) is 32.6 Å². The predicted molar refractivity (Wildman–Crippen MR) is 48.9 cm³/mol. The molecule has 14 heavy (non-hydrogen) atoms. The quantitative estimate of drug-likeness (QED) is 0.582. The molecular weight excluding hydrogens is 184 g/mol. The van der Waals surface area contributed by atoms with Crippen LogP contribution in [0.15, 0.2) is 15.8 Å². The molecule has 0 bridgehead atoms. The minimum absolute atomic E-state index is 0.239. The molecule has 0 aliphatic carbocycles. The number of rotatable bonds is 0. The molecule has 0 fully saturated rings. The predicted octanol–water partition coefficient (Wildman–Crippen LogP) is -0.573. The van der Waals surface area contributed by atoms with Gasteiger partial charge in [0.1, 0.15) is 11.6 Å². The number of fused-ring (bicyclic) bond motifs is 1. The molecular formula is C8H6N4O2. The van der Waals surface area contributed by atoms with E-state index in [4.69, 9.17) is 5.26 Å². The lowest BCUT2D eigenvalue weighted by atomic mass is 10.3. The van der Waals surface area contributed by atoms with Crippen LogP contribution >= 0.6 is 0 Å². The lowest BCUT2D eigenvalue weighted by Crippen LogP contribution is -2.28. The zero-order chi connectivity index (χ0) is 10.3. The average Bonchev–Trinajstić information content (AvgIpc) is 2.58. The van der Waals surface area contributed by atoms with Crippen LogP contribution in [0.2, 0.25) is 0 Å². The Kier molecular flexibility index (Phi) is 1.54. The third-order valence-electron chi connectivity index (χ3n) is 2.06. The Morgan fingerprint density at radius 2 is 2.21 bits per heavy atom. The molecule has 2 heterocycles. The first-order valence-electron chi connectivity index (χ1n) is 3.85. The van der Waals surface area contributed by atoms with E-state index in [2.05, 4.69) is 9.97 Å². The van der Waals surface area contributed by atoms with Gasteiger partial charge in [-0.05, 0) is 0 Å². The number of aromatic amines is 2. The first-order chi connectivity index (χ1) is 6.65. The second-order valence-electron chi connectivity index (χ2n) is 2.86. The van der Waals surface area contributed by atoms with E-state index in [9.17, 15) is 9.59 Å². The molecule has 6 nitrogen and oxygen atoms in total. The van der Waals surface area contributed by atoms with Gasteiger partial charge < -0.3 is 4.98 Å². The van der Waals surface area contributed by atoms with Crippen LogP contribution in [0.1, 0.15) is 5.56 Å². The standard InChI is InChI=1S/C8H6N4O2/c1-12-6-4(2-9)3-10-5(6)7(13)11-8(12)14/h3,10H,1H3,(H,11,13,14). The van der Waals surface area contributed by atoms with Crippen LogP contribution in [-0.4, -0.2) is 14.5 Å². The summed E-state index contributed by atoms with van der Waals surface area (Å²) in [5.41, 5.74) is -0.182. The molecule has 0 aliphatic heterocycles. The monoisotopic (exact) mass is 190 g/mol. The SMILES string of the molecule is Cn1c(=O)[nH]c(=O)c2[nH]cc(C#N)c21. The highest BCUT2D eigenvalue weighted by atomic mass is 16.2. The molecule has 0 atom stereocenters. The van der Waals surface area contributed by atoms with E-state index in [0.717, 1.165) is 0 Å². The number of H-pyrrole nitrogens is 2. The molecule has 2 N–H and O–H groups in total. The summed E-state index contributed by atoms with van der Waals surface area (Å²) in [5.74, 6) is 0. The van der Waals surface area contributed by atoms with E-state index >= 15 is 0 Å². The normalized spacial score (nSPS) is 10.3. The second-order valence-corrected chi connectivity index (χ2v) is 2.86. The Morgan fingerprint density at radius 3 is 2.86 bits per heavy atom. The van der Waals surface area contributed by atoms with Crippen molar-refractivity contribution in [1.29, 1.82) is 5.26 Å². The minimum Gasteiger partial charge on any atom is -0.354 e. The Balaban J connectivity index is 3.17. The summed E-state index contributed by atoms with van der Waals surface area (Å²) in [6.07, 6.45) is 1.40. The highest BCUT2D eigenvalue weighted by Gasteiger charge is 2.10. The van der Waals surface area contributed by atoms with Crippen molar-refractivity contribution in [3.8, 4) is 6.07 Å². The molecule has 0 aromatic carbocycles. The van der Waals surface area contributed by atoms with Crippen LogP contribution in [0, 0.1) is 11.3 Å². The molecule has 2 rings (SSSR count). The molecule has 0 spiro atoms. The van der Waals surface area contributed by atoms with Crippen molar-refractivity contribution in [3.63, 3.8) is 0 Å². The highest BCUT2D eigenvalue weighted by Crippen LogP contribution is 2.10. The first kappa shape index (κ1) is 8.31. The topological polar surface area (TPSA) is 94.4 Å². The number of aromatic nitrogens is 3. The van der Waals surface area contributed by atoms with E-state index < -0.39 is 11.2 Å². The Morgan fingerprint density at radius 1 is 1.50 bits per heavy atom. The Bertz CT molecular complexity index is 653. The zero-order valence-electron chi connectivity index (χ0n) is 7.29. The Hall–Kier alpha value is -2.29. The smallest absolute Gasteiger partial charge is 0.328 e. The molecule has 6 heteroatoms. The molecule has 0 unspecified atom stereocenters. The van der Waals surface area contributed by atoms with Gasteiger partial charge in [0.2, 0.25) is 0 Å². The fourth-order valence-electron chi connectivity index (χ4n) is 1.37. The van der Waals surface area contributed by atoms with Crippen molar-refractivity contribution in [2.75, 3.05) is 0 Å². The number of nitrogens with one attached hydrogen (secondary N) is 2. The van der Waals surface area contributed by atoms with Gasteiger partial charge in [-0.3, -0.25) is 14.3 Å². The van der Waals surface area contributed by atoms with Crippen molar-refractivity contribution in [1.82, 2.24) is 14.5 Å². The number of nitriles is 1. The van der Waals surface area contributed by atoms with Gasteiger partial charge in [-0.25, -0.2) is 4.79 Å². The van der Waals surface area contributed by atoms with Crippen molar-refractivity contribution in [2.45, 2.75) is 0 Å². The van der Waals surface area contributed by atoms with Crippen LogP contribution in [0.5, 0.6) is 0 Å². The molecule has 0 aliphatic rings. The largest absolute Gasteiger partial charge is 0.354 e. The van der Waals surface area contributed by atoms with Crippen LogP contribution in [0.4, 0.5) is 0 Å². The molecule has 0 saturated carbocycles. The molecule has 0 radical (unpaired) electrons. The van der Waals surface area contributed by atoms with Crippen LogP contribution in [0.3, 0.4) is 0 Å². The van der Waals surface area contributed by atoms with E-state index in [-0.39, 0.29) is 11.1 Å². The summed E-state index contributed by atoms with van der Waals surface area (Å²) in [6.45, 7) is 0. The maximum Gasteiger partial charge on any atom is 0.328 e. The van der Waals surface area contributed by atoms with Crippen molar-refractivity contribution >= 4 is 11.0 Å². The lowest BCUT2D eigenvalue weighted by molar-refractivity contribution is 0.842. The molecule has 2 aromatic rings. The third kappa shape index (κ3) is 0.894. The van der Waals surface area contributed by atoms with Gasteiger partial charge in [0, 0.05) is 13.2 Å². The van der Waals surface area contributed by atoms with Crippen LogP contribution in [0.25, 0.3) is 11.0 Å². The Labute approximate surface area is 77.4 Å². The fraction of sp³-hybridized carbons (Fsp3) is 0.125. The van der Waals surface area contributed by atoms with Gasteiger partial charge in [0.15, 0.2) is 0 Å². The second kappa shape index (κ2) is 2.60. The number of aryl methyl sites for hydroxylation is 1. The van der Waals surface area contributed by atoms with Gasteiger partial charge in [-0.1, -0.05) is 0 Å². The van der Waals surface area contributed by atoms with Crippen molar-refractivity contribution in [2.24, 2.45) is 7.05 Å². The van der Waals surface area contributed by atoms with E-state index in [1.807, 2.05) is 6.07 Å². The van der Waals surface area contributed by atoms with E-state index in [0.29, 0.717) is 5.52 Å². The maximum atomic E-state index is 11.3. The van der Waals surface area contributed by atoms with Gasteiger partial charge in [-0.15, -0.1) is 0 Å². The number of hydrogen-bond acceptors (Lipinski definition) is 3.